The van der Waals surface area contributed by atoms with Crippen LogP contribution < -0.4 is 9.96 Å². The van der Waals surface area contributed by atoms with E-state index in [4.69, 9.17) is 0 Å². The van der Waals surface area contributed by atoms with Gasteiger partial charge in [0.2, 0.25) is 0 Å². The molecule has 2 N–H and O–H groups in total. The third kappa shape index (κ3) is 0.934. The van der Waals surface area contributed by atoms with Crippen LogP contribution in [0.4, 0.5) is 0 Å². The predicted octanol–water partition coefficient (Wildman–Crippen LogP) is -0.181. The Bertz CT molecular complexity index is 476. The summed E-state index contributed by atoms with van der Waals surface area (Å²) in [6, 6.07) is 6.39. The van der Waals surface area contributed by atoms with Gasteiger partial charge in [0, 0.05) is 6.07 Å². The number of fused-ring (bicyclic) bond motifs is 1. The van der Waals surface area contributed by atoms with E-state index in [1.54, 1.807) is 24.4 Å². The molecule has 0 unspecified atom stereocenters. The second kappa shape index (κ2) is 2.34. The number of pyridine rings is 1. The van der Waals surface area contributed by atoms with Crippen LogP contribution in [-0.2, 0) is 0 Å². The maximum Gasteiger partial charge on any atom is 0.339 e. The molecule has 0 spiro atoms. The molecule has 2 rings (SSSR count). The molecule has 0 radical (unpaired) electrons. The smallest absolute Gasteiger partial charge is 0.339 e. The molecular formula is C8H7N2O2+. The van der Waals surface area contributed by atoms with Crippen LogP contribution in [0.25, 0.3) is 5.65 Å². The zero-order valence-electron chi connectivity index (χ0n) is 6.19. The molecule has 0 saturated carbocycles. The van der Waals surface area contributed by atoms with Gasteiger partial charge in [-0.2, -0.15) is 4.40 Å². The van der Waals surface area contributed by atoms with Gasteiger partial charge in [0.25, 0.3) is 11.5 Å². The van der Waals surface area contributed by atoms with E-state index in [-0.39, 0.29) is 11.4 Å². The fourth-order valence-electron chi connectivity index (χ4n) is 1.09. The van der Waals surface area contributed by atoms with Crippen molar-refractivity contribution in [2.24, 2.45) is 0 Å². The van der Waals surface area contributed by atoms with Crippen LogP contribution in [0.15, 0.2) is 35.3 Å². The van der Waals surface area contributed by atoms with E-state index >= 15 is 0 Å². The maximum atomic E-state index is 10.9. The summed E-state index contributed by atoms with van der Waals surface area (Å²) in [4.78, 5) is 13.5. The number of nitrogens with one attached hydrogen (secondary N) is 1. The Morgan fingerprint density at radius 1 is 1.42 bits per heavy atom. The van der Waals surface area contributed by atoms with Gasteiger partial charge in [0.15, 0.2) is 0 Å². The third-order valence-electron chi connectivity index (χ3n) is 1.62. The van der Waals surface area contributed by atoms with Gasteiger partial charge in [0.05, 0.1) is 6.20 Å². The molecular weight excluding hydrogens is 156 g/mol. The molecule has 60 valence electrons. The SMILES string of the molecule is O=c1cc(O)[n+]2ccccc2[nH]1. The van der Waals surface area contributed by atoms with E-state index in [1.807, 2.05) is 0 Å². The van der Waals surface area contributed by atoms with Crippen LogP contribution in [0.2, 0.25) is 0 Å². The summed E-state index contributed by atoms with van der Waals surface area (Å²) in [5.74, 6) is -0.0608. The average Bonchev–Trinajstić information content (AvgIpc) is 2.04. The van der Waals surface area contributed by atoms with Crippen molar-refractivity contribution in [3.63, 3.8) is 0 Å². The summed E-state index contributed by atoms with van der Waals surface area (Å²) in [6.07, 6.45) is 1.67. The Hall–Kier alpha value is -1.84. The predicted molar refractivity (Wildman–Crippen MR) is 41.9 cm³/mol. The molecule has 0 aliphatic rings. The van der Waals surface area contributed by atoms with Crippen molar-refractivity contribution in [1.29, 1.82) is 0 Å². The molecule has 2 aromatic rings. The van der Waals surface area contributed by atoms with Crippen molar-refractivity contribution in [3.8, 4) is 5.88 Å². The summed E-state index contributed by atoms with van der Waals surface area (Å²) < 4.78 is 1.49. The first kappa shape index (κ1) is 6.84. The minimum Gasteiger partial charge on any atom is -0.477 e. The van der Waals surface area contributed by atoms with E-state index < -0.39 is 0 Å². The van der Waals surface area contributed by atoms with Gasteiger partial charge < -0.3 is 5.11 Å². The molecule has 0 bridgehead atoms. The highest BCUT2D eigenvalue weighted by molar-refractivity contribution is 5.28. The van der Waals surface area contributed by atoms with Crippen molar-refractivity contribution in [3.05, 3.63) is 40.8 Å². The van der Waals surface area contributed by atoms with Crippen LogP contribution in [0.3, 0.4) is 0 Å². The molecule has 0 aromatic carbocycles. The number of aromatic hydroxyl groups is 1. The highest BCUT2D eigenvalue weighted by atomic mass is 16.3. The number of rotatable bonds is 0. The lowest BCUT2D eigenvalue weighted by atomic mass is 10.4. The zero-order chi connectivity index (χ0) is 8.55. The van der Waals surface area contributed by atoms with Gasteiger partial charge in [-0.05, 0) is 6.07 Å². The van der Waals surface area contributed by atoms with Gasteiger partial charge in [-0.1, -0.05) is 6.07 Å². The summed E-state index contributed by atoms with van der Waals surface area (Å²) in [5.41, 5.74) is 0.265. The van der Waals surface area contributed by atoms with Crippen molar-refractivity contribution < 1.29 is 9.51 Å². The van der Waals surface area contributed by atoms with Crippen molar-refractivity contribution in [2.45, 2.75) is 0 Å². The third-order valence-corrected chi connectivity index (χ3v) is 1.62. The van der Waals surface area contributed by atoms with E-state index in [0.29, 0.717) is 5.65 Å². The van der Waals surface area contributed by atoms with Gasteiger partial charge in [-0.25, -0.2) is 9.78 Å². The molecule has 0 fully saturated rings. The molecule has 4 heteroatoms. The van der Waals surface area contributed by atoms with Gasteiger partial charge in [-0.15, -0.1) is 0 Å². The topological polar surface area (TPSA) is 57.2 Å². The van der Waals surface area contributed by atoms with Crippen LogP contribution in [0.5, 0.6) is 5.88 Å². The molecule has 0 aliphatic heterocycles. The molecule has 2 aromatic heterocycles. The van der Waals surface area contributed by atoms with Gasteiger partial charge >= 0.3 is 5.56 Å². The molecule has 4 nitrogen and oxygen atoms in total. The Labute approximate surface area is 67.7 Å². The lowest BCUT2D eigenvalue weighted by Crippen LogP contribution is -2.26. The summed E-state index contributed by atoms with van der Waals surface area (Å²) in [5, 5.41) is 9.30. The fourth-order valence-corrected chi connectivity index (χ4v) is 1.09. The standard InChI is InChI=1S/C8H6N2O2/c11-7-5-8(12)10-4-2-1-3-6(10)9-7/h1-5H,(H,11,12)/p+1. The quantitative estimate of drug-likeness (QED) is 0.529. The number of H-pyrrole nitrogens is 1. The van der Waals surface area contributed by atoms with Crippen molar-refractivity contribution >= 4 is 5.65 Å². The minimum atomic E-state index is -0.307. The number of hydrogen-bond donors (Lipinski definition) is 2. The molecule has 2 heterocycles. The molecule has 0 saturated heterocycles. The molecule has 0 aliphatic carbocycles. The summed E-state index contributed by atoms with van der Waals surface area (Å²) in [6.45, 7) is 0. The summed E-state index contributed by atoms with van der Waals surface area (Å²) >= 11 is 0. The Morgan fingerprint density at radius 2 is 2.25 bits per heavy atom. The fraction of sp³-hybridized carbons (Fsp3) is 0. The lowest BCUT2D eigenvalue weighted by Gasteiger charge is -1.92. The first-order chi connectivity index (χ1) is 5.77. The van der Waals surface area contributed by atoms with Gasteiger partial charge in [-0.3, -0.25) is 0 Å². The van der Waals surface area contributed by atoms with Crippen LogP contribution in [-0.4, -0.2) is 10.1 Å². The monoisotopic (exact) mass is 163 g/mol. The zero-order valence-corrected chi connectivity index (χ0v) is 6.19. The second-order valence-corrected chi connectivity index (χ2v) is 2.45. The second-order valence-electron chi connectivity index (χ2n) is 2.45. The van der Waals surface area contributed by atoms with Crippen LogP contribution in [0.1, 0.15) is 0 Å². The Balaban J connectivity index is 2.99. The van der Waals surface area contributed by atoms with Crippen LogP contribution >= 0.6 is 0 Å². The highest BCUT2D eigenvalue weighted by Gasteiger charge is 2.05. The first-order valence-electron chi connectivity index (χ1n) is 3.50. The van der Waals surface area contributed by atoms with E-state index in [0.717, 1.165) is 6.07 Å². The highest BCUT2D eigenvalue weighted by Crippen LogP contribution is 1.96. The van der Waals surface area contributed by atoms with Gasteiger partial charge in [0.1, 0.15) is 6.07 Å². The van der Waals surface area contributed by atoms with E-state index in [2.05, 4.69) is 4.98 Å². The number of nitrogens with zero attached hydrogens (tertiary/aromatic N) is 1. The van der Waals surface area contributed by atoms with E-state index in [1.165, 1.54) is 4.40 Å². The number of aromatic nitrogens is 2. The Kier molecular flexibility index (Phi) is 1.33. The van der Waals surface area contributed by atoms with Crippen molar-refractivity contribution in [2.75, 3.05) is 0 Å². The molecule has 12 heavy (non-hydrogen) atoms. The average molecular weight is 163 g/mol. The number of hydrogen-bond acceptors (Lipinski definition) is 2. The van der Waals surface area contributed by atoms with Crippen molar-refractivity contribution in [1.82, 2.24) is 4.98 Å². The largest absolute Gasteiger partial charge is 0.477 e. The first-order valence-corrected chi connectivity index (χ1v) is 3.50. The molecule has 0 amide bonds. The van der Waals surface area contributed by atoms with E-state index in [9.17, 15) is 9.90 Å². The minimum absolute atomic E-state index is 0.0608. The normalized spacial score (nSPS) is 10.3. The number of aromatic amines is 1. The molecule has 0 atom stereocenters. The Morgan fingerprint density at radius 3 is 3.08 bits per heavy atom. The lowest BCUT2D eigenvalue weighted by molar-refractivity contribution is -0.525. The maximum absolute atomic E-state index is 10.9. The van der Waals surface area contributed by atoms with Crippen LogP contribution in [0, 0.1) is 0 Å². The summed E-state index contributed by atoms with van der Waals surface area (Å²) in [7, 11) is 0.